The second kappa shape index (κ2) is 5.83. The Labute approximate surface area is 131 Å². The minimum Gasteiger partial charge on any atom is -0.331 e. The molecule has 0 spiro atoms. The van der Waals surface area contributed by atoms with E-state index in [1.54, 1.807) is 0 Å². The van der Waals surface area contributed by atoms with Gasteiger partial charge in [0, 0.05) is 26.7 Å². The van der Waals surface area contributed by atoms with E-state index in [1.807, 2.05) is 53.9 Å². The molecule has 1 N–H and O–H groups in total. The van der Waals surface area contributed by atoms with Crippen molar-refractivity contribution >= 4 is 45.4 Å². The lowest BCUT2D eigenvalue weighted by Crippen LogP contribution is -1.89. The smallest absolute Gasteiger partial charge is 0.187 e. The summed E-state index contributed by atoms with van der Waals surface area (Å²) in [4.78, 5) is 4.55. The third-order valence-electron chi connectivity index (χ3n) is 2.73. The monoisotopic (exact) mass is 320 g/mol. The van der Waals surface area contributed by atoms with E-state index in [0.29, 0.717) is 10.0 Å². The van der Waals surface area contributed by atoms with E-state index in [-0.39, 0.29) is 0 Å². The second-order valence-electron chi connectivity index (χ2n) is 4.15. The SMILES string of the molecule is Clc1cccc(Nc2nc(-c3ccccc3Cl)cs2)c1. The van der Waals surface area contributed by atoms with Crippen molar-refractivity contribution in [1.29, 1.82) is 0 Å². The average Bonchev–Trinajstić information content (AvgIpc) is 2.87. The molecule has 0 saturated carbocycles. The Bertz CT molecular complexity index is 740. The van der Waals surface area contributed by atoms with Crippen molar-refractivity contribution in [3.8, 4) is 11.3 Å². The normalized spacial score (nSPS) is 10.5. The first kappa shape index (κ1) is 13.4. The van der Waals surface area contributed by atoms with Crippen molar-refractivity contribution in [2.75, 3.05) is 5.32 Å². The largest absolute Gasteiger partial charge is 0.331 e. The Morgan fingerprint density at radius 2 is 1.85 bits per heavy atom. The molecule has 0 atom stereocenters. The fourth-order valence-electron chi connectivity index (χ4n) is 1.81. The van der Waals surface area contributed by atoms with Crippen molar-refractivity contribution in [2.24, 2.45) is 0 Å². The lowest BCUT2D eigenvalue weighted by atomic mass is 10.2. The summed E-state index contributed by atoms with van der Waals surface area (Å²) in [5.74, 6) is 0. The van der Waals surface area contributed by atoms with E-state index in [2.05, 4.69) is 10.3 Å². The maximum absolute atomic E-state index is 6.18. The first-order chi connectivity index (χ1) is 9.72. The number of thiazole rings is 1. The molecular formula is C15H10Cl2N2S. The molecule has 0 aliphatic rings. The summed E-state index contributed by atoms with van der Waals surface area (Å²) in [6.07, 6.45) is 0. The highest BCUT2D eigenvalue weighted by Crippen LogP contribution is 2.31. The van der Waals surface area contributed by atoms with Gasteiger partial charge < -0.3 is 5.32 Å². The van der Waals surface area contributed by atoms with Gasteiger partial charge in [0.2, 0.25) is 0 Å². The van der Waals surface area contributed by atoms with E-state index in [0.717, 1.165) is 22.1 Å². The molecule has 0 aliphatic carbocycles. The minimum absolute atomic E-state index is 0.692. The number of aromatic nitrogens is 1. The van der Waals surface area contributed by atoms with Gasteiger partial charge in [0.15, 0.2) is 5.13 Å². The van der Waals surface area contributed by atoms with Crippen LogP contribution in [0, 0.1) is 0 Å². The molecule has 100 valence electrons. The quantitative estimate of drug-likeness (QED) is 0.653. The van der Waals surface area contributed by atoms with Crippen LogP contribution in [0.5, 0.6) is 0 Å². The molecule has 3 aromatic rings. The zero-order chi connectivity index (χ0) is 13.9. The Balaban J connectivity index is 1.86. The number of halogens is 2. The van der Waals surface area contributed by atoms with Gasteiger partial charge in [0.25, 0.3) is 0 Å². The van der Waals surface area contributed by atoms with Gasteiger partial charge in [-0.1, -0.05) is 47.5 Å². The Morgan fingerprint density at radius 1 is 1.00 bits per heavy atom. The summed E-state index contributed by atoms with van der Waals surface area (Å²) in [7, 11) is 0. The molecule has 3 rings (SSSR count). The molecule has 2 aromatic carbocycles. The Kier molecular flexibility index (Phi) is 3.92. The second-order valence-corrected chi connectivity index (χ2v) is 5.85. The van der Waals surface area contributed by atoms with Crippen LogP contribution in [0.25, 0.3) is 11.3 Å². The number of hydrogen-bond donors (Lipinski definition) is 1. The van der Waals surface area contributed by atoms with Crippen molar-refractivity contribution in [3.05, 3.63) is 64.0 Å². The zero-order valence-electron chi connectivity index (χ0n) is 10.3. The van der Waals surface area contributed by atoms with Gasteiger partial charge in [0.05, 0.1) is 5.69 Å². The molecule has 0 bridgehead atoms. The number of nitrogens with one attached hydrogen (secondary N) is 1. The van der Waals surface area contributed by atoms with Crippen molar-refractivity contribution < 1.29 is 0 Å². The van der Waals surface area contributed by atoms with Crippen LogP contribution in [0.4, 0.5) is 10.8 Å². The Hall–Kier alpha value is -1.55. The highest BCUT2D eigenvalue weighted by Gasteiger charge is 2.07. The molecule has 1 heterocycles. The highest BCUT2D eigenvalue weighted by atomic mass is 35.5. The molecule has 2 nitrogen and oxygen atoms in total. The van der Waals surface area contributed by atoms with Crippen LogP contribution in [0.1, 0.15) is 0 Å². The van der Waals surface area contributed by atoms with Crippen LogP contribution in [0.2, 0.25) is 10.0 Å². The predicted molar refractivity (Wildman–Crippen MR) is 87.3 cm³/mol. The molecular weight excluding hydrogens is 311 g/mol. The highest BCUT2D eigenvalue weighted by molar-refractivity contribution is 7.14. The lowest BCUT2D eigenvalue weighted by Gasteiger charge is -2.02. The van der Waals surface area contributed by atoms with Gasteiger partial charge in [-0.3, -0.25) is 0 Å². The summed E-state index contributed by atoms with van der Waals surface area (Å²) in [6.45, 7) is 0. The third kappa shape index (κ3) is 2.96. The predicted octanol–water partition coefficient (Wildman–Crippen LogP) is 5.86. The number of benzene rings is 2. The first-order valence-corrected chi connectivity index (χ1v) is 7.59. The molecule has 0 amide bonds. The van der Waals surface area contributed by atoms with Crippen molar-refractivity contribution in [2.45, 2.75) is 0 Å². The number of rotatable bonds is 3. The fraction of sp³-hybridized carbons (Fsp3) is 0. The maximum Gasteiger partial charge on any atom is 0.187 e. The third-order valence-corrected chi connectivity index (χ3v) is 4.05. The molecule has 0 fully saturated rings. The van der Waals surface area contributed by atoms with Crippen LogP contribution in [-0.4, -0.2) is 4.98 Å². The molecule has 0 saturated heterocycles. The van der Waals surface area contributed by atoms with Crippen molar-refractivity contribution in [1.82, 2.24) is 4.98 Å². The molecule has 0 unspecified atom stereocenters. The van der Waals surface area contributed by atoms with Gasteiger partial charge >= 0.3 is 0 Å². The molecule has 0 radical (unpaired) electrons. The number of anilines is 2. The van der Waals surface area contributed by atoms with Gasteiger partial charge in [-0.05, 0) is 24.3 Å². The summed E-state index contributed by atoms with van der Waals surface area (Å²) < 4.78 is 0. The summed E-state index contributed by atoms with van der Waals surface area (Å²) in [5, 5.41) is 7.42. The lowest BCUT2D eigenvalue weighted by molar-refractivity contribution is 1.38. The number of nitrogens with zero attached hydrogens (tertiary/aromatic N) is 1. The zero-order valence-corrected chi connectivity index (χ0v) is 12.6. The molecule has 0 aliphatic heterocycles. The topological polar surface area (TPSA) is 24.9 Å². The van der Waals surface area contributed by atoms with Gasteiger partial charge in [-0.15, -0.1) is 11.3 Å². The van der Waals surface area contributed by atoms with E-state index in [4.69, 9.17) is 23.2 Å². The van der Waals surface area contributed by atoms with Gasteiger partial charge in [0.1, 0.15) is 0 Å². The maximum atomic E-state index is 6.18. The van der Waals surface area contributed by atoms with Crippen molar-refractivity contribution in [3.63, 3.8) is 0 Å². The molecule has 1 aromatic heterocycles. The summed E-state index contributed by atoms with van der Waals surface area (Å²) in [6, 6.07) is 15.2. The molecule has 20 heavy (non-hydrogen) atoms. The van der Waals surface area contributed by atoms with Crippen LogP contribution >= 0.6 is 34.5 Å². The fourth-order valence-corrected chi connectivity index (χ4v) is 2.97. The standard InChI is InChI=1S/C15H10Cl2N2S/c16-10-4-3-5-11(8-10)18-15-19-14(9-20-15)12-6-1-2-7-13(12)17/h1-9H,(H,18,19). The van der Waals surface area contributed by atoms with Crippen LogP contribution in [0.15, 0.2) is 53.9 Å². The number of hydrogen-bond acceptors (Lipinski definition) is 3. The minimum atomic E-state index is 0.692. The van der Waals surface area contributed by atoms with E-state index in [1.165, 1.54) is 11.3 Å². The van der Waals surface area contributed by atoms with Crippen LogP contribution in [-0.2, 0) is 0 Å². The van der Waals surface area contributed by atoms with E-state index >= 15 is 0 Å². The van der Waals surface area contributed by atoms with E-state index in [9.17, 15) is 0 Å². The average molecular weight is 321 g/mol. The summed E-state index contributed by atoms with van der Waals surface area (Å²) >= 11 is 13.7. The first-order valence-electron chi connectivity index (χ1n) is 5.95. The Morgan fingerprint density at radius 3 is 2.65 bits per heavy atom. The van der Waals surface area contributed by atoms with Gasteiger partial charge in [-0.2, -0.15) is 0 Å². The van der Waals surface area contributed by atoms with Crippen LogP contribution < -0.4 is 5.32 Å². The van der Waals surface area contributed by atoms with Gasteiger partial charge in [-0.25, -0.2) is 4.98 Å². The molecule has 5 heteroatoms. The van der Waals surface area contributed by atoms with Crippen LogP contribution in [0.3, 0.4) is 0 Å². The summed E-state index contributed by atoms with van der Waals surface area (Å²) in [5.41, 5.74) is 2.72. The van der Waals surface area contributed by atoms with E-state index < -0.39 is 0 Å².